The van der Waals surface area contributed by atoms with Gasteiger partial charge in [-0.3, -0.25) is 10.1 Å². The molecule has 3 aromatic carbocycles. The summed E-state index contributed by atoms with van der Waals surface area (Å²) >= 11 is 6.04. The van der Waals surface area contributed by atoms with Crippen LogP contribution in [-0.4, -0.2) is 17.3 Å². The molecule has 0 spiro atoms. The Morgan fingerprint density at radius 1 is 0.900 bits per heavy atom. The van der Waals surface area contributed by atoms with Crippen molar-refractivity contribution < 1.29 is 14.4 Å². The van der Waals surface area contributed by atoms with Gasteiger partial charge in [0.2, 0.25) is 12.3 Å². The van der Waals surface area contributed by atoms with E-state index in [2.05, 4.69) is 0 Å². The summed E-state index contributed by atoms with van der Waals surface area (Å²) in [4.78, 5) is 12.2. The zero-order chi connectivity index (χ0) is 20.7. The van der Waals surface area contributed by atoms with Gasteiger partial charge in [-0.2, -0.15) is 0 Å². The third-order valence-electron chi connectivity index (χ3n) is 6.07. The van der Waals surface area contributed by atoms with E-state index in [1.54, 1.807) is 24.3 Å². The topological polar surface area (TPSA) is 61.6 Å². The molecule has 152 valence electrons. The third-order valence-corrected chi connectivity index (χ3v) is 6.32. The van der Waals surface area contributed by atoms with E-state index in [1.165, 1.54) is 0 Å². The molecule has 1 saturated heterocycles. The van der Waals surface area contributed by atoms with Crippen molar-refractivity contribution in [1.82, 2.24) is 0 Å². The van der Waals surface area contributed by atoms with Crippen LogP contribution >= 0.6 is 11.6 Å². The average Bonchev–Trinajstić information content (AvgIpc) is 2.77. The number of nitrogens with zero attached hydrogens (tertiary/aromatic N) is 1. The van der Waals surface area contributed by atoms with Gasteiger partial charge < -0.3 is 9.47 Å². The molecule has 0 radical (unpaired) electrons. The quantitative estimate of drug-likeness (QED) is 0.418. The molecule has 3 aromatic rings. The van der Waals surface area contributed by atoms with Gasteiger partial charge in [0, 0.05) is 15.9 Å². The third kappa shape index (κ3) is 3.34. The number of hydrogen-bond donors (Lipinski definition) is 0. The number of halogens is 1. The Bertz CT molecular complexity index is 1060. The Kier molecular flexibility index (Phi) is 4.93. The van der Waals surface area contributed by atoms with Crippen LogP contribution in [0, 0.1) is 16.0 Å². The molecule has 2 heterocycles. The van der Waals surface area contributed by atoms with Crippen molar-refractivity contribution in [2.24, 2.45) is 5.92 Å². The van der Waals surface area contributed by atoms with Crippen LogP contribution in [0.2, 0.25) is 5.02 Å². The van der Waals surface area contributed by atoms with Gasteiger partial charge in [-0.1, -0.05) is 72.3 Å². The first-order chi connectivity index (χ1) is 14.6. The highest BCUT2D eigenvalue weighted by atomic mass is 35.5. The van der Waals surface area contributed by atoms with Crippen molar-refractivity contribution in [1.29, 1.82) is 0 Å². The summed E-state index contributed by atoms with van der Waals surface area (Å²) in [6.45, 7) is 0. The molecule has 0 aromatic heterocycles. The lowest BCUT2D eigenvalue weighted by molar-refractivity contribution is -0.554. The average molecular weight is 422 g/mol. The second-order valence-electron chi connectivity index (χ2n) is 7.78. The van der Waals surface area contributed by atoms with Crippen LogP contribution in [0.15, 0.2) is 78.9 Å². The Morgan fingerprint density at radius 2 is 1.60 bits per heavy atom. The van der Waals surface area contributed by atoms with Crippen molar-refractivity contribution in [3.05, 3.63) is 111 Å². The zero-order valence-corrected chi connectivity index (χ0v) is 16.8. The van der Waals surface area contributed by atoms with Crippen LogP contribution in [0.25, 0.3) is 0 Å². The number of rotatable bonds is 3. The SMILES string of the molecule is O=[N+]([O-])[C@H]1[C@H](c2ccccc2)[C@H]2Cc3ccccc3O[C@H]2O[C@@H]1c1ccc(Cl)cc1. The van der Waals surface area contributed by atoms with E-state index < -0.39 is 18.4 Å². The summed E-state index contributed by atoms with van der Waals surface area (Å²) in [6.07, 6.45) is -0.645. The molecule has 1 fully saturated rings. The number of nitro groups is 1. The molecule has 0 saturated carbocycles. The monoisotopic (exact) mass is 421 g/mol. The zero-order valence-electron chi connectivity index (χ0n) is 16.1. The first-order valence-electron chi connectivity index (χ1n) is 9.96. The predicted octanol–water partition coefficient (Wildman–Crippen LogP) is 5.42. The first-order valence-corrected chi connectivity index (χ1v) is 10.3. The standard InChI is InChI=1S/C24H20ClNO4/c25-18-12-10-16(11-13-18)23-22(26(27)28)21(15-6-2-1-3-7-15)19-14-17-8-4-5-9-20(17)29-24(19)30-23/h1-13,19,21-24H,14H2/t19-,21-,22+,23-,24+/m1/s1. The maximum atomic E-state index is 12.4. The van der Waals surface area contributed by atoms with Crippen LogP contribution in [0.1, 0.15) is 28.7 Å². The number of fused-ring (bicyclic) bond motifs is 2. The molecule has 2 aliphatic rings. The molecule has 2 aliphatic heterocycles. The second kappa shape index (κ2) is 7.74. The maximum absolute atomic E-state index is 12.4. The van der Waals surface area contributed by atoms with E-state index in [-0.39, 0.29) is 16.8 Å². The summed E-state index contributed by atoms with van der Waals surface area (Å²) < 4.78 is 12.5. The van der Waals surface area contributed by atoms with Gasteiger partial charge in [0.25, 0.3) is 0 Å². The van der Waals surface area contributed by atoms with Crippen LogP contribution in [0.3, 0.4) is 0 Å². The highest BCUT2D eigenvalue weighted by Crippen LogP contribution is 2.49. The molecule has 0 unspecified atom stereocenters. The molecule has 0 aliphatic carbocycles. The van der Waals surface area contributed by atoms with Crippen LogP contribution in [0.5, 0.6) is 5.75 Å². The lowest BCUT2D eigenvalue weighted by Gasteiger charge is -2.45. The van der Waals surface area contributed by atoms with Gasteiger partial charge in [0.05, 0.1) is 5.92 Å². The van der Waals surface area contributed by atoms with Crippen molar-refractivity contribution in [3.8, 4) is 5.75 Å². The Morgan fingerprint density at radius 3 is 2.33 bits per heavy atom. The lowest BCUT2D eigenvalue weighted by Crippen LogP contribution is -2.53. The van der Waals surface area contributed by atoms with Gasteiger partial charge in [0.1, 0.15) is 5.75 Å². The summed E-state index contributed by atoms with van der Waals surface area (Å²) in [5, 5.41) is 12.9. The highest BCUT2D eigenvalue weighted by molar-refractivity contribution is 6.30. The first kappa shape index (κ1) is 19.1. The normalized spacial score (nSPS) is 27.4. The molecule has 5 rings (SSSR count). The molecular weight excluding hydrogens is 402 g/mol. The minimum absolute atomic E-state index is 0.166. The fraction of sp³-hybridized carbons (Fsp3) is 0.250. The molecule has 0 N–H and O–H groups in total. The Hall–Kier alpha value is -2.89. The molecule has 0 bridgehead atoms. The van der Waals surface area contributed by atoms with Crippen LogP contribution in [0.4, 0.5) is 0 Å². The fourth-order valence-electron chi connectivity index (χ4n) is 4.73. The van der Waals surface area contributed by atoms with Gasteiger partial charge in [-0.25, -0.2) is 0 Å². The van der Waals surface area contributed by atoms with Crippen molar-refractivity contribution in [3.63, 3.8) is 0 Å². The number of benzene rings is 3. The number of ether oxygens (including phenoxy) is 2. The largest absolute Gasteiger partial charge is 0.464 e. The van der Waals surface area contributed by atoms with Gasteiger partial charge in [-0.15, -0.1) is 0 Å². The molecule has 5 atom stereocenters. The Labute approximate surface area is 179 Å². The summed E-state index contributed by atoms with van der Waals surface area (Å²) in [5.41, 5.74) is 2.71. The lowest BCUT2D eigenvalue weighted by atomic mass is 9.72. The van der Waals surface area contributed by atoms with E-state index in [4.69, 9.17) is 21.1 Å². The smallest absolute Gasteiger partial charge is 0.250 e. The number of hydrogen-bond acceptors (Lipinski definition) is 4. The summed E-state index contributed by atoms with van der Waals surface area (Å²) in [5.74, 6) is 0.259. The van der Waals surface area contributed by atoms with Gasteiger partial charge >= 0.3 is 0 Å². The van der Waals surface area contributed by atoms with Gasteiger partial charge in [0.15, 0.2) is 6.10 Å². The van der Waals surface area contributed by atoms with E-state index in [0.717, 1.165) is 22.4 Å². The molecule has 30 heavy (non-hydrogen) atoms. The van der Waals surface area contributed by atoms with Crippen LogP contribution < -0.4 is 4.74 Å². The van der Waals surface area contributed by atoms with Gasteiger partial charge in [-0.05, 0) is 41.3 Å². The van der Waals surface area contributed by atoms with Crippen molar-refractivity contribution in [2.45, 2.75) is 30.8 Å². The molecular formula is C24H20ClNO4. The number of para-hydroxylation sites is 1. The molecule has 5 nitrogen and oxygen atoms in total. The maximum Gasteiger partial charge on any atom is 0.250 e. The minimum Gasteiger partial charge on any atom is -0.464 e. The van der Waals surface area contributed by atoms with Crippen molar-refractivity contribution in [2.75, 3.05) is 0 Å². The molecule has 0 amide bonds. The fourth-order valence-corrected chi connectivity index (χ4v) is 4.86. The van der Waals surface area contributed by atoms with E-state index in [0.29, 0.717) is 11.4 Å². The summed E-state index contributed by atoms with van der Waals surface area (Å²) in [6, 6.07) is 23.6. The Balaban J connectivity index is 1.63. The van der Waals surface area contributed by atoms with Crippen LogP contribution in [-0.2, 0) is 11.2 Å². The minimum atomic E-state index is -0.941. The molecule has 6 heteroatoms. The van der Waals surface area contributed by atoms with Crippen molar-refractivity contribution >= 4 is 11.6 Å². The highest BCUT2D eigenvalue weighted by Gasteiger charge is 2.55. The van der Waals surface area contributed by atoms with E-state index in [1.807, 2.05) is 54.6 Å². The van der Waals surface area contributed by atoms with E-state index in [9.17, 15) is 10.1 Å². The summed E-state index contributed by atoms with van der Waals surface area (Å²) in [7, 11) is 0. The second-order valence-corrected chi connectivity index (χ2v) is 8.22. The van der Waals surface area contributed by atoms with E-state index >= 15 is 0 Å². The predicted molar refractivity (Wildman–Crippen MR) is 113 cm³/mol.